The lowest BCUT2D eigenvalue weighted by molar-refractivity contribution is 0.470. The Labute approximate surface area is 84.9 Å². The van der Waals surface area contributed by atoms with Crippen LogP contribution in [-0.4, -0.2) is 5.11 Å². The average molecular weight is 200 g/mol. The first-order valence-electron chi connectivity index (χ1n) is 4.45. The highest BCUT2D eigenvalue weighted by atomic mass is 16.3. The van der Waals surface area contributed by atoms with Crippen LogP contribution in [0.2, 0.25) is 0 Å². The van der Waals surface area contributed by atoms with Gasteiger partial charge in [0.1, 0.15) is 5.75 Å². The van der Waals surface area contributed by atoms with Gasteiger partial charge in [0.2, 0.25) is 10.9 Å². The van der Waals surface area contributed by atoms with Gasteiger partial charge in [-0.3, -0.25) is 9.59 Å². The van der Waals surface area contributed by atoms with Crippen molar-refractivity contribution in [2.75, 3.05) is 0 Å². The summed E-state index contributed by atoms with van der Waals surface area (Å²) in [6.07, 6.45) is 0. The smallest absolute Gasteiger partial charge is 0.233 e. The Balaban J connectivity index is 3.24. The van der Waals surface area contributed by atoms with Crippen LogP contribution >= 0.6 is 0 Å². The van der Waals surface area contributed by atoms with E-state index in [9.17, 15) is 14.7 Å². The zero-order valence-corrected chi connectivity index (χ0v) is 7.81. The predicted octanol–water partition coefficient (Wildman–Crippen LogP) is 0.837. The minimum Gasteiger partial charge on any atom is -0.507 e. The number of hydrogen-bond donors (Lipinski definition) is 1. The van der Waals surface area contributed by atoms with E-state index in [2.05, 4.69) is 0 Å². The molecule has 15 heavy (non-hydrogen) atoms. The molecule has 0 atom stereocenters. The van der Waals surface area contributed by atoms with Gasteiger partial charge in [-0.1, -0.05) is 36.4 Å². The van der Waals surface area contributed by atoms with E-state index in [1.165, 1.54) is 6.07 Å². The molecule has 0 aromatic rings. The third-order valence-electron chi connectivity index (χ3n) is 2.16. The maximum atomic E-state index is 11.5. The normalized spacial score (nSPS) is 10.1. The molecule has 1 N–H and O–H groups in total. The van der Waals surface area contributed by atoms with Crippen molar-refractivity contribution in [2.24, 2.45) is 0 Å². The van der Waals surface area contributed by atoms with Gasteiger partial charge in [-0.15, -0.1) is 0 Å². The van der Waals surface area contributed by atoms with Crippen LogP contribution in [0.4, 0.5) is 0 Å². The van der Waals surface area contributed by atoms with Crippen molar-refractivity contribution < 1.29 is 5.11 Å². The van der Waals surface area contributed by atoms with Crippen LogP contribution in [0, 0.1) is 10.4 Å². The zero-order chi connectivity index (χ0) is 10.8. The number of hydrogen-bond acceptors (Lipinski definition) is 3. The molecule has 0 aromatic carbocycles. The molecule has 0 aliphatic heterocycles. The van der Waals surface area contributed by atoms with Crippen molar-refractivity contribution in [1.29, 1.82) is 0 Å². The van der Waals surface area contributed by atoms with Crippen molar-refractivity contribution in [3.05, 3.63) is 73.3 Å². The van der Waals surface area contributed by atoms with Crippen molar-refractivity contribution in [1.82, 2.24) is 0 Å². The van der Waals surface area contributed by atoms with Gasteiger partial charge >= 0.3 is 0 Å². The molecule has 3 heteroatoms. The summed E-state index contributed by atoms with van der Waals surface area (Å²) < 4.78 is 0. The van der Waals surface area contributed by atoms with E-state index in [0.717, 1.165) is 6.07 Å². The van der Waals surface area contributed by atoms with E-state index < -0.39 is 10.9 Å². The van der Waals surface area contributed by atoms with Crippen LogP contribution in [0.3, 0.4) is 0 Å². The lowest BCUT2D eigenvalue weighted by Crippen LogP contribution is -2.23. The Bertz CT molecular complexity index is 677. The van der Waals surface area contributed by atoms with Gasteiger partial charge in [0.25, 0.3) is 0 Å². The van der Waals surface area contributed by atoms with E-state index in [-0.39, 0.29) is 11.0 Å². The van der Waals surface area contributed by atoms with Crippen molar-refractivity contribution >= 4 is 0 Å². The largest absolute Gasteiger partial charge is 0.507 e. The first-order chi connectivity index (χ1) is 7.20. The third kappa shape index (κ3) is 1.59. The van der Waals surface area contributed by atoms with Crippen LogP contribution in [0.1, 0.15) is 0 Å². The maximum absolute atomic E-state index is 11.5. The Hall–Kier alpha value is -2.16. The van der Waals surface area contributed by atoms with Crippen LogP contribution in [0.15, 0.2) is 52.1 Å². The molecule has 74 valence electrons. The molecule has 2 aliphatic carbocycles. The minimum atomic E-state index is -0.686. The quantitative estimate of drug-likeness (QED) is 0.641. The molecule has 0 amide bonds. The van der Waals surface area contributed by atoms with Crippen LogP contribution in [0.5, 0.6) is 5.75 Å². The molecule has 0 fully saturated rings. The van der Waals surface area contributed by atoms with Crippen molar-refractivity contribution in [3.63, 3.8) is 0 Å². The molecule has 0 bridgehead atoms. The Kier molecular flexibility index (Phi) is 2.21. The molecular formula is C12H8O3. The summed E-state index contributed by atoms with van der Waals surface area (Å²) in [6, 6.07) is 10.9. The fourth-order valence-electron chi connectivity index (χ4n) is 1.43. The molecule has 0 saturated heterocycles. The predicted molar refractivity (Wildman–Crippen MR) is 55.9 cm³/mol. The highest BCUT2D eigenvalue weighted by Crippen LogP contribution is 2.06. The van der Waals surface area contributed by atoms with Gasteiger partial charge in [0.05, 0.1) is 0 Å². The number of rotatable bonds is 0. The molecule has 2 rings (SSSR count). The van der Waals surface area contributed by atoms with E-state index in [1.54, 1.807) is 30.3 Å². The zero-order valence-electron chi connectivity index (χ0n) is 7.81. The molecule has 0 radical (unpaired) electrons. The standard InChI is InChI=1S/C12H8O3/c13-10-7-11(14)12(15)9-6-4-2-1-3-5-8(9)10/h1-7,13H. The fourth-order valence-corrected chi connectivity index (χ4v) is 1.43. The molecule has 0 saturated carbocycles. The minimum absolute atomic E-state index is 0.161. The van der Waals surface area contributed by atoms with Crippen molar-refractivity contribution in [2.45, 2.75) is 0 Å². The van der Waals surface area contributed by atoms with Crippen LogP contribution < -0.4 is 10.9 Å². The third-order valence-corrected chi connectivity index (χ3v) is 2.16. The van der Waals surface area contributed by atoms with Gasteiger partial charge in [-0.05, 0) is 0 Å². The summed E-state index contributed by atoms with van der Waals surface area (Å²) in [6.45, 7) is 0. The topological polar surface area (TPSA) is 54.4 Å². The van der Waals surface area contributed by atoms with Gasteiger partial charge < -0.3 is 5.11 Å². The van der Waals surface area contributed by atoms with Crippen molar-refractivity contribution in [3.8, 4) is 5.75 Å². The van der Waals surface area contributed by atoms with Gasteiger partial charge in [-0.2, -0.15) is 0 Å². The molecule has 0 heterocycles. The van der Waals surface area contributed by atoms with Gasteiger partial charge in [0, 0.05) is 16.5 Å². The highest BCUT2D eigenvalue weighted by Gasteiger charge is 2.01. The lowest BCUT2D eigenvalue weighted by Gasteiger charge is -1.91. The van der Waals surface area contributed by atoms with E-state index in [1.807, 2.05) is 0 Å². The second kappa shape index (κ2) is 3.53. The first kappa shape index (κ1) is 9.40. The van der Waals surface area contributed by atoms with E-state index >= 15 is 0 Å². The summed E-state index contributed by atoms with van der Waals surface area (Å²) in [7, 11) is 0. The summed E-state index contributed by atoms with van der Waals surface area (Å²) in [4.78, 5) is 22.7. The SMILES string of the molecule is O=c1cc(O)c2ccccccc=2c1=O. The molecular weight excluding hydrogens is 192 g/mol. The monoisotopic (exact) mass is 200 g/mol. The maximum Gasteiger partial charge on any atom is 0.233 e. The molecule has 3 nitrogen and oxygen atoms in total. The van der Waals surface area contributed by atoms with Crippen LogP contribution in [0.25, 0.3) is 0 Å². The van der Waals surface area contributed by atoms with Crippen LogP contribution in [-0.2, 0) is 0 Å². The second-order valence-electron chi connectivity index (χ2n) is 3.15. The van der Waals surface area contributed by atoms with E-state index in [0.29, 0.717) is 5.22 Å². The summed E-state index contributed by atoms with van der Waals surface area (Å²) >= 11 is 0. The average Bonchev–Trinajstić information content (AvgIpc) is 2.14. The first-order valence-corrected chi connectivity index (χ1v) is 4.45. The molecule has 0 aromatic heterocycles. The van der Waals surface area contributed by atoms with Gasteiger partial charge in [0.15, 0.2) is 0 Å². The Morgan fingerprint density at radius 1 is 0.867 bits per heavy atom. The summed E-state index contributed by atoms with van der Waals surface area (Å²) in [5.74, 6) is -0.161. The Morgan fingerprint density at radius 2 is 1.47 bits per heavy atom. The number of aromatic hydroxyl groups is 1. The molecule has 2 aliphatic rings. The summed E-state index contributed by atoms with van der Waals surface area (Å²) in [5.41, 5.74) is -1.27. The Morgan fingerprint density at radius 3 is 2.13 bits per heavy atom. The second-order valence-corrected chi connectivity index (χ2v) is 3.15. The van der Waals surface area contributed by atoms with E-state index in [4.69, 9.17) is 0 Å². The summed E-state index contributed by atoms with van der Waals surface area (Å²) in [5, 5.41) is 10.2. The van der Waals surface area contributed by atoms with Gasteiger partial charge in [-0.25, -0.2) is 0 Å². The molecule has 0 unspecified atom stereocenters. The highest BCUT2D eigenvalue weighted by molar-refractivity contribution is 5.27. The molecule has 0 spiro atoms. The fraction of sp³-hybridized carbons (Fsp3) is 0. The lowest BCUT2D eigenvalue weighted by atomic mass is 10.2.